The van der Waals surface area contributed by atoms with E-state index < -0.39 is 0 Å². The third-order valence-electron chi connectivity index (χ3n) is 2.97. The van der Waals surface area contributed by atoms with Crippen LogP contribution in [-0.4, -0.2) is 11.5 Å². The van der Waals surface area contributed by atoms with Crippen molar-refractivity contribution in [1.29, 1.82) is 0 Å². The molecule has 2 aromatic rings. The van der Waals surface area contributed by atoms with Gasteiger partial charge < -0.3 is 5.32 Å². The van der Waals surface area contributed by atoms with Crippen molar-refractivity contribution in [3.63, 3.8) is 0 Å². The van der Waals surface area contributed by atoms with Gasteiger partial charge in [-0.2, -0.15) is 0 Å². The first-order valence-electron chi connectivity index (χ1n) is 6.39. The Labute approximate surface area is 135 Å². The number of halogens is 3. The van der Waals surface area contributed by atoms with Crippen molar-refractivity contribution in [3.8, 4) is 0 Å². The average Bonchev–Trinajstić information content (AvgIpc) is 2.41. The molecule has 0 aliphatic carbocycles. The van der Waals surface area contributed by atoms with Gasteiger partial charge >= 0.3 is 0 Å². The number of hydrogen-bond donors (Lipinski definition) is 1. The first-order chi connectivity index (χ1) is 9.60. The highest BCUT2D eigenvalue weighted by atomic mass is 79.9. The zero-order valence-corrected chi connectivity index (χ0v) is 14.2. The number of nitrogens with zero attached hydrogens (tertiary/aromatic N) is 1. The minimum Gasteiger partial charge on any atom is -0.309 e. The van der Waals surface area contributed by atoms with Crippen LogP contribution < -0.4 is 5.32 Å². The van der Waals surface area contributed by atoms with E-state index in [1.165, 1.54) is 12.1 Å². The van der Waals surface area contributed by atoms with E-state index in [2.05, 4.69) is 49.1 Å². The molecular formula is C15H15Br2FN2. The van der Waals surface area contributed by atoms with E-state index in [1.807, 2.05) is 18.2 Å². The minimum absolute atomic E-state index is 0.0907. The lowest BCUT2D eigenvalue weighted by Crippen LogP contribution is -2.24. The lowest BCUT2D eigenvalue weighted by atomic mass is 10.0. The molecule has 0 amide bonds. The summed E-state index contributed by atoms with van der Waals surface area (Å²) in [5, 5.41) is 3.42. The van der Waals surface area contributed by atoms with Gasteiger partial charge in [0.05, 0.1) is 11.7 Å². The second kappa shape index (κ2) is 7.29. The van der Waals surface area contributed by atoms with Crippen molar-refractivity contribution >= 4 is 31.9 Å². The summed E-state index contributed by atoms with van der Waals surface area (Å²) in [6.45, 7) is 2.90. The van der Waals surface area contributed by atoms with E-state index in [9.17, 15) is 4.39 Å². The molecule has 1 atom stereocenters. The molecule has 2 nitrogen and oxygen atoms in total. The molecule has 0 saturated carbocycles. The third-order valence-corrected chi connectivity index (χ3v) is 4.04. The number of rotatable bonds is 5. The predicted octanol–water partition coefficient (Wildman–Crippen LogP) is 4.64. The molecule has 2 rings (SSSR count). The van der Waals surface area contributed by atoms with E-state index in [4.69, 9.17) is 0 Å². The van der Waals surface area contributed by atoms with Crippen molar-refractivity contribution in [2.75, 3.05) is 6.54 Å². The van der Waals surface area contributed by atoms with E-state index in [0.29, 0.717) is 0 Å². The molecule has 0 spiro atoms. The molecule has 1 unspecified atom stereocenters. The van der Waals surface area contributed by atoms with Crippen molar-refractivity contribution in [2.24, 2.45) is 0 Å². The van der Waals surface area contributed by atoms with Gasteiger partial charge in [0, 0.05) is 15.1 Å². The second-order valence-corrected chi connectivity index (χ2v) is 6.23. The second-order valence-electron chi connectivity index (χ2n) is 4.46. The fraction of sp³-hybridized carbons (Fsp3) is 0.267. The Balaban J connectivity index is 2.24. The molecule has 0 aliphatic rings. The van der Waals surface area contributed by atoms with E-state index in [0.717, 1.165) is 33.2 Å². The maximum absolute atomic E-state index is 13.0. The van der Waals surface area contributed by atoms with Crippen LogP contribution in [0.3, 0.4) is 0 Å². The van der Waals surface area contributed by atoms with Crippen LogP contribution in [0.5, 0.6) is 0 Å². The average molecular weight is 402 g/mol. The lowest BCUT2D eigenvalue weighted by Gasteiger charge is -2.19. The van der Waals surface area contributed by atoms with Gasteiger partial charge in [0.25, 0.3) is 0 Å². The van der Waals surface area contributed by atoms with Crippen molar-refractivity contribution in [2.45, 2.75) is 19.4 Å². The summed E-state index contributed by atoms with van der Waals surface area (Å²) < 4.78 is 14.9. The van der Waals surface area contributed by atoms with Crippen molar-refractivity contribution < 1.29 is 4.39 Å². The maximum atomic E-state index is 13.0. The van der Waals surface area contributed by atoms with Gasteiger partial charge in [-0.05, 0) is 68.6 Å². The van der Waals surface area contributed by atoms with Gasteiger partial charge in [0.15, 0.2) is 0 Å². The predicted molar refractivity (Wildman–Crippen MR) is 86.2 cm³/mol. The lowest BCUT2D eigenvalue weighted by molar-refractivity contribution is 0.533. The normalized spacial score (nSPS) is 12.4. The summed E-state index contributed by atoms with van der Waals surface area (Å²) in [5.41, 5.74) is 2.04. The summed E-state index contributed by atoms with van der Waals surface area (Å²) in [6.07, 6.45) is 2.55. The summed E-state index contributed by atoms with van der Waals surface area (Å²) in [7, 11) is 0. The topological polar surface area (TPSA) is 24.9 Å². The number of nitrogens with one attached hydrogen (secondary N) is 1. The smallest absolute Gasteiger partial charge is 0.123 e. The van der Waals surface area contributed by atoms with E-state index in [1.54, 1.807) is 6.20 Å². The SMILES string of the molecule is CCNC(Cc1ccc(F)cc1)c1ncc(Br)cc1Br. The van der Waals surface area contributed by atoms with Crippen LogP contribution in [-0.2, 0) is 6.42 Å². The van der Waals surface area contributed by atoms with Crippen LogP contribution >= 0.6 is 31.9 Å². The molecule has 0 saturated heterocycles. The number of benzene rings is 1. The molecule has 106 valence electrons. The van der Waals surface area contributed by atoms with Gasteiger partial charge in [-0.15, -0.1) is 0 Å². The largest absolute Gasteiger partial charge is 0.309 e. The molecule has 1 aromatic carbocycles. The Morgan fingerprint density at radius 1 is 1.25 bits per heavy atom. The van der Waals surface area contributed by atoms with E-state index in [-0.39, 0.29) is 11.9 Å². The first-order valence-corrected chi connectivity index (χ1v) is 7.97. The van der Waals surface area contributed by atoms with E-state index >= 15 is 0 Å². The molecule has 0 aliphatic heterocycles. The molecule has 0 fully saturated rings. The minimum atomic E-state index is -0.211. The third kappa shape index (κ3) is 4.11. The summed E-state index contributed by atoms with van der Waals surface area (Å²) in [4.78, 5) is 4.48. The quantitative estimate of drug-likeness (QED) is 0.789. The highest BCUT2D eigenvalue weighted by Crippen LogP contribution is 2.26. The van der Waals surface area contributed by atoms with Crippen LogP contribution in [0.2, 0.25) is 0 Å². The monoisotopic (exact) mass is 400 g/mol. The Kier molecular flexibility index (Phi) is 5.69. The highest BCUT2D eigenvalue weighted by Gasteiger charge is 2.16. The molecule has 1 N–H and O–H groups in total. The molecule has 5 heteroatoms. The van der Waals surface area contributed by atoms with Gasteiger partial charge in [0.1, 0.15) is 5.82 Å². The first kappa shape index (κ1) is 15.6. The van der Waals surface area contributed by atoms with Gasteiger partial charge in [-0.25, -0.2) is 4.39 Å². The number of aromatic nitrogens is 1. The number of pyridine rings is 1. The zero-order valence-electron chi connectivity index (χ0n) is 11.0. The maximum Gasteiger partial charge on any atom is 0.123 e. The Bertz CT molecular complexity index is 573. The molecule has 1 aromatic heterocycles. The summed E-state index contributed by atoms with van der Waals surface area (Å²) in [6, 6.07) is 8.67. The molecule has 0 bridgehead atoms. The summed E-state index contributed by atoms with van der Waals surface area (Å²) >= 11 is 6.95. The highest BCUT2D eigenvalue weighted by molar-refractivity contribution is 9.11. The fourth-order valence-electron chi connectivity index (χ4n) is 2.05. The van der Waals surface area contributed by atoms with Crippen LogP contribution in [0, 0.1) is 5.82 Å². The van der Waals surface area contributed by atoms with Crippen molar-refractivity contribution in [1.82, 2.24) is 10.3 Å². The Morgan fingerprint density at radius 2 is 1.95 bits per heavy atom. The van der Waals surface area contributed by atoms with Crippen LogP contribution in [0.25, 0.3) is 0 Å². The van der Waals surface area contributed by atoms with Gasteiger partial charge in [0.2, 0.25) is 0 Å². The van der Waals surface area contributed by atoms with Crippen molar-refractivity contribution in [3.05, 3.63) is 62.5 Å². The fourth-order valence-corrected chi connectivity index (χ4v) is 3.31. The number of likely N-dealkylation sites (N-methyl/N-ethyl adjacent to an activating group) is 1. The van der Waals surface area contributed by atoms with Crippen LogP contribution in [0.15, 0.2) is 45.5 Å². The molecule has 1 heterocycles. The molecule has 20 heavy (non-hydrogen) atoms. The summed E-state index contributed by atoms with van der Waals surface area (Å²) in [5.74, 6) is -0.211. The molecule has 0 radical (unpaired) electrons. The van der Waals surface area contributed by atoms with Gasteiger partial charge in [-0.3, -0.25) is 4.98 Å². The van der Waals surface area contributed by atoms with Gasteiger partial charge in [-0.1, -0.05) is 19.1 Å². The Morgan fingerprint density at radius 3 is 2.55 bits per heavy atom. The number of hydrogen-bond acceptors (Lipinski definition) is 2. The van der Waals surface area contributed by atoms with Crippen LogP contribution in [0.4, 0.5) is 4.39 Å². The Hall–Kier alpha value is -0.780. The molecular weight excluding hydrogens is 387 g/mol. The van der Waals surface area contributed by atoms with Crippen LogP contribution in [0.1, 0.15) is 24.2 Å². The standard InChI is InChI=1S/C15H15Br2FN2/c1-2-19-14(7-10-3-5-12(18)6-4-10)15-13(17)8-11(16)9-20-15/h3-6,8-9,14,19H,2,7H2,1H3. The zero-order chi connectivity index (χ0) is 14.5.